The predicted molar refractivity (Wildman–Crippen MR) is 85.3 cm³/mol. The van der Waals surface area contributed by atoms with E-state index in [-0.39, 0.29) is 18.3 Å². The molecule has 7 heteroatoms. The van der Waals surface area contributed by atoms with Crippen molar-refractivity contribution in [2.24, 2.45) is 0 Å². The molecular weight excluding hydrogens is 311 g/mol. The van der Waals surface area contributed by atoms with E-state index < -0.39 is 0 Å². The number of carbonyl (C=O) groups is 1. The van der Waals surface area contributed by atoms with Crippen LogP contribution in [0.25, 0.3) is 0 Å². The number of halogens is 1. The smallest absolute Gasteiger partial charge is 0.272 e. The summed E-state index contributed by atoms with van der Waals surface area (Å²) in [5.74, 6) is 0.142. The Morgan fingerprint density at radius 3 is 2.88 bits per heavy atom. The minimum absolute atomic E-state index is 0.0313. The first kappa shape index (κ1) is 15.1. The van der Waals surface area contributed by atoms with Crippen LogP contribution in [0, 0.1) is 5.82 Å². The van der Waals surface area contributed by atoms with Gasteiger partial charge in [-0.1, -0.05) is 6.07 Å². The zero-order valence-corrected chi connectivity index (χ0v) is 13.5. The molecule has 0 saturated carbocycles. The zero-order chi connectivity index (χ0) is 16.7. The number of rotatable bonds is 4. The van der Waals surface area contributed by atoms with Crippen LogP contribution < -0.4 is 4.74 Å². The second-order valence-electron chi connectivity index (χ2n) is 6.36. The monoisotopic (exact) mass is 330 g/mol. The highest BCUT2D eigenvalue weighted by atomic mass is 19.1. The molecule has 24 heavy (non-hydrogen) atoms. The molecule has 0 spiro atoms. The van der Waals surface area contributed by atoms with Gasteiger partial charge in [0.05, 0.1) is 12.6 Å². The Labute approximate surface area is 139 Å². The fraction of sp³-hybridized carbons (Fsp3) is 0.412. The Morgan fingerprint density at radius 1 is 1.29 bits per heavy atom. The number of ether oxygens (including phenoxy) is 1. The maximum absolute atomic E-state index is 13.2. The number of likely N-dealkylation sites (N-methyl/N-ethyl adjacent to an activating group) is 1. The van der Waals surface area contributed by atoms with E-state index in [1.165, 1.54) is 12.1 Å². The van der Waals surface area contributed by atoms with Gasteiger partial charge in [-0.15, -0.1) is 0 Å². The predicted octanol–water partition coefficient (Wildman–Crippen LogP) is 1.37. The molecule has 1 fully saturated rings. The van der Waals surface area contributed by atoms with Crippen LogP contribution in [0.3, 0.4) is 0 Å². The molecule has 0 aliphatic carbocycles. The lowest BCUT2D eigenvalue weighted by molar-refractivity contribution is 0.0290. The quantitative estimate of drug-likeness (QED) is 0.850. The van der Waals surface area contributed by atoms with Gasteiger partial charge in [-0.3, -0.25) is 9.48 Å². The molecule has 6 nitrogen and oxygen atoms in total. The highest BCUT2D eigenvalue weighted by Gasteiger charge is 2.36. The topological polar surface area (TPSA) is 50.6 Å². The summed E-state index contributed by atoms with van der Waals surface area (Å²) in [7, 11) is 2.05. The summed E-state index contributed by atoms with van der Waals surface area (Å²) < 4.78 is 20.5. The highest BCUT2D eigenvalue weighted by molar-refractivity contribution is 5.93. The minimum Gasteiger partial charge on any atom is -0.487 e. The summed E-state index contributed by atoms with van der Waals surface area (Å²) in [4.78, 5) is 16.8. The van der Waals surface area contributed by atoms with Crippen molar-refractivity contribution in [1.82, 2.24) is 19.6 Å². The van der Waals surface area contributed by atoms with Gasteiger partial charge in [0.15, 0.2) is 0 Å². The maximum atomic E-state index is 13.2. The molecule has 1 aromatic carbocycles. The Hall–Kier alpha value is -2.41. The molecule has 2 aliphatic rings. The number of benzene rings is 1. The Balaban J connectivity index is 1.45. The number of hydrogen-bond acceptors (Lipinski definition) is 4. The molecule has 1 aromatic heterocycles. The number of amides is 1. The average Bonchev–Trinajstić information content (AvgIpc) is 2.95. The van der Waals surface area contributed by atoms with Crippen LogP contribution in [0.4, 0.5) is 4.39 Å². The first-order valence-corrected chi connectivity index (χ1v) is 8.05. The Kier molecular flexibility index (Phi) is 3.72. The van der Waals surface area contributed by atoms with Gasteiger partial charge in [0, 0.05) is 25.7 Å². The molecule has 2 aromatic rings. The summed E-state index contributed by atoms with van der Waals surface area (Å²) in [6.45, 7) is 3.45. The summed E-state index contributed by atoms with van der Waals surface area (Å²) in [5, 5.41) is 4.43. The van der Waals surface area contributed by atoms with Crippen LogP contribution in [0.5, 0.6) is 5.75 Å². The molecule has 4 rings (SSSR count). The number of hydrogen-bond donors (Lipinski definition) is 0. The zero-order valence-electron chi connectivity index (χ0n) is 13.5. The molecule has 0 atom stereocenters. The van der Waals surface area contributed by atoms with E-state index in [0.29, 0.717) is 36.3 Å². The van der Waals surface area contributed by atoms with Gasteiger partial charge in [0.25, 0.3) is 5.91 Å². The molecular formula is C17H19FN4O2. The first-order valence-electron chi connectivity index (χ1n) is 8.05. The molecule has 1 amide bonds. The van der Waals surface area contributed by atoms with Crippen LogP contribution in [-0.2, 0) is 13.2 Å². The molecule has 0 bridgehead atoms. The van der Waals surface area contributed by atoms with E-state index >= 15 is 0 Å². The molecule has 0 unspecified atom stereocenters. The fourth-order valence-electron chi connectivity index (χ4n) is 3.26. The van der Waals surface area contributed by atoms with Crippen molar-refractivity contribution in [3.63, 3.8) is 0 Å². The summed E-state index contributed by atoms with van der Waals surface area (Å²) in [5.41, 5.74) is 1.28. The number of likely N-dealkylation sites (tertiary alicyclic amines) is 1. The second kappa shape index (κ2) is 5.90. The van der Waals surface area contributed by atoms with E-state index in [1.807, 2.05) is 4.90 Å². The first-order chi connectivity index (χ1) is 11.6. The molecule has 2 aliphatic heterocycles. The van der Waals surface area contributed by atoms with Crippen molar-refractivity contribution in [1.29, 1.82) is 0 Å². The van der Waals surface area contributed by atoms with Crippen LogP contribution in [0.1, 0.15) is 16.2 Å². The van der Waals surface area contributed by atoms with Crippen molar-refractivity contribution in [3.05, 3.63) is 47.5 Å². The number of carbonyl (C=O) groups excluding carboxylic acids is 1. The SMILES string of the molecule is CN1CC(N2CCn3nc(COc4cccc(F)c4)cc3C2=O)C1. The number of fused-ring (bicyclic) bond motifs is 1. The average molecular weight is 330 g/mol. The summed E-state index contributed by atoms with van der Waals surface area (Å²) >= 11 is 0. The Morgan fingerprint density at radius 2 is 2.12 bits per heavy atom. The van der Waals surface area contributed by atoms with Gasteiger partial charge >= 0.3 is 0 Å². The normalized spacial score (nSPS) is 18.4. The highest BCUT2D eigenvalue weighted by Crippen LogP contribution is 2.21. The summed E-state index contributed by atoms with van der Waals surface area (Å²) in [6, 6.07) is 8.07. The van der Waals surface area contributed by atoms with Gasteiger partial charge in [-0.25, -0.2) is 4.39 Å². The van der Waals surface area contributed by atoms with Crippen LogP contribution in [-0.4, -0.2) is 58.2 Å². The minimum atomic E-state index is -0.340. The van der Waals surface area contributed by atoms with Crippen LogP contribution in [0.15, 0.2) is 30.3 Å². The van der Waals surface area contributed by atoms with Crippen LogP contribution in [0.2, 0.25) is 0 Å². The van der Waals surface area contributed by atoms with Crippen molar-refractivity contribution >= 4 is 5.91 Å². The van der Waals surface area contributed by atoms with Crippen molar-refractivity contribution < 1.29 is 13.9 Å². The van der Waals surface area contributed by atoms with Gasteiger partial charge in [0.1, 0.15) is 29.6 Å². The van der Waals surface area contributed by atoms with E-state index in [9.17, 15) is 9.18 Å². The molecule has 126 valence electrons. The van der Waals surface area contributed by atoms with E-state index in [0.717, 1.165) is 13.1 Å². The maximum Gasteiger partial charge on any atom is 0.272 e. The number of nitrogens with zero attached hydrogens (tertiary/aromatic N) is 4. The molecule has 0 radical (unpaired) electrons. The standard InChI is InChI=1S/C17H19FN4O2/c1-20-9-14(10-20)21-5-6-22-16(17(21)23)8-13(19-22)11-24-15-4-2-3-12(18)7-15/h2-4,7-8,14H,5-6,9-11H2,1H3. The lowest BCUT2D eigenvalue weighted by Crippen LogP contribution is -2.61. The molecule has 3 heterocycles. The third-order valence-electron chi connectivity index (χ3n) is 4.53. The third-order valence-corrected chi connectivity index (χ3v) is 4.53. The van der Waals surface area contributed by atoms with Crippen molar-refractivity contribution in [2.75, 3.05) is 26.7 Å². The van der Waals surface area contributed by atoms with E-state index in [1.54, 1.807) is 22.9 Å². The van der Waals surface area contributed by atoms with E-state index in [4.69, 9.17) is 4.74 Å². The summed E-state index contributed by atoms with van der Waals surface area (Å²) in [6.07, 6.45) is 0. The third kappa shape index (κ3) is 2.75. The van der Waals surface area contributed by atoms with Crippen molar-refractivity contribution in [3.8, 4) is 5.75 Å². The van der Waals surface area contributed by atoms with Gasteiger partial charge in [-0.05, 0) is 25.2 Å². The largest absolute Gasteiger partial charge is 0.487 e. The van der Waals surface area contributed by atoms with E-state index in [2.05, 4.69) is 17.0 Å². The number of aromatic nitrogens is 2. The Bertz CT molecular complexity index is 770. The van der Waals surface area contributed by atoms with Gasteiger partial charge in [0.2, 0.25) is 0 Å². The fourth-order valence-corrected chi connectivity index (χ4v) is 3.26. The van der Waals surface area contributed by atoms with Gasteiger partial charge in [-0.2, -0.15) is 5.10 Å². The molecule has 0 N–H and O–H groups in total. The second-order valence-corrected chi connectivity index (χ2v) is 6.36. The molecule has 1 saturated heterocycles. The van der Waals surface area contributed by atoms with Crippen LogP contribution >= 0.6 is 0 Å². The lowest BCUT2D eigenvalue weighted by Gasteiger charge is -2.44. The van der Waals surface area contributed by atoms with Crippen molar-refractivity contribution in [2.45, 2.75) is 19.2 Å². The lowest BCUT2D eigenvalue weighted by atomic mass is 10.1. The van der Waals surface area contributed by atoms with Gasteiger partial charge < -0.3 is 14.5 Å².